The first kappa shape index (κ1) is 22.0. The van der Waals surface area contributed by atoms with Gasteiger partial charge >= 0.3 is 0 Å². The monoisotopic (exact) mass is 400 g/mol. The van der Waals surface area contributed by atoms with Gasteiger partial charge in [-0.3, -0.25) is 9.59 Å². The molecule has 2 aromatic carbocycles. The molecule has 0 aromatic heterocycles. The van der Waals surface area contributed by atoms with E-state index in [0.717, 1.165) is 12.0 Å². The number of amides is 2. The molecule has 150 valence electrons. The fourth-order valence-electron chi connectivity index (χ4n) is 2.94. The standard InChI is InChI=1S/C23H29ClN2O2/c1-16(2)15-18-6-8-19(9-7-18)17(3)23(28)25-14-4-5-22(27)26-21-12-10-20(24)11-13-21/h6-13,16-17H,4-5,14-15H2,1-3H3,(H,25,28)(H,26,27). The molecule has 1 atom stereocenters. The van der Waals surface area contributed by atoms with E-state index >= 15 is 0 Å². The van der Waals surface area contributed by atoms with Crippen LogP contribution in [-0.4, -0.2) is 18.4 Å². The average Bonchev–Trinajstić information content (AvgIpc) is 2.66. The largest absolute Gasteiger partial charge is 0.356 e. The third-order valence-corrected chi connectivity index (χ3v) is 4.78. The second kappa shape index (κ2) is 10.9. The number of rotatable bonds is 9. The summed E-state index contributed by atoms with van der Waals surface area (Å²) in [6.45, 7) is 6.77. The molecule has 0 saturated heterocycles. The zero-order chi connectivity index (χ0) is 20.5. The van der Waals surface area contributed by atoms with Crippen molar-refractivity contribution in [1.29, 1.82) is 0 Å². The molecule has 0 heterocycles. The van der Waals surface area contributed by atoms with Crippen molar-refractivity contribution >= 4 is 29.1 Å². The fourth-order valence-corrected chi connectivity index (χ4v) is 3.06. The van der Waals surface area contributed by atoms with Crippen LogP contribution in [0.25, 0.3) is 0 Å². The van der Waals surface area contributed by atoms with Crippen molar-refractivity contribution in [2.75, 3.05) is 11.9 Å². The lowest BCUT2D eigenvalue weighted by Crippen LogP contribution is -2.29. The lowest BCUT2D eigenvalue weighted by atomic mass is 9.96. The van der Waals surface area contributed by atoms with E-state index in [-0.39, 0.29) is 17.7 Å². The smallest absolute Gasteiger partial charge is 0.227 e. The molecule has 0 spiro atoms. The minimum atomic E-state index is -0.212. The van der Waals surface area contributed by atoms with Crippen LogP contribution in [0.1, 0.15) is 50.7 Å². The van der Waals surface area contributed by atoms with E-state index in [9.17, 15) is 9.59 Å². The van der Waals surface area contributed by atoms with Crippen LogP contribution in [0.4, 0.5) is 5.69 Å². The Labute approximate surface area is 172 Å². The van der Waals surface area contributed by atoms with Gasteiger partial charge in [0.25, 0.3) is 0 Å². The molecule has 0 aliphatic carbocycles. The average molecular weight is 401 g/mol. The van der Waals surface area contributed by atoms with Crippen molar-refractivity contribution in [2.24, 2.45) is 5.92 Å². The molecule has 2 N–H and O–H groups in total. The van der Waals surface area contributed by atoms with Crippen LogP contribution in [0.5, 0.6) is 0 Å². The van der Waals surface area contributed by atoms with Crippen LogP contribution < -0.4 is 10.6 Å². The highest BCUT2D eigenvalue weighted by Gasteiger charge is 2.15. The summed E-state index contributed by atoms with van der Waals surface area (Å²) in [7, 11) is 0. The van der Waals surface area contributed by atoms with Crippen LogP contribution >= 0.6 is 11.6 Å². The highest BCUT2D eigenvalue weighted by Crippen LogP contribution is 2.18. The van der Waals surface area contributed by atoms with Crippen molar-refractivity contribution in [3.63, 3.8) is 0 Å². The molecule has 0 aliphatic heterocycles. The van der Waals surface area contributed by atoms with Gasteiger partial charge in [0, 0.05) is 23.7 Å². The van der Waals surface area contributed by atoms with Gasteiger partial charge in [0.15, 0.2) is 0 Å². The van der Waals surface area contributed by atoms with Crippen molar-refractivity contribution < 1.29 is 9.59 Å². The number of carbonyl (C=O) groups excluding carboxylic acids is 2. The van der Waals surface area contributed by atoms with Gasteiger partial charge in [-0.15, -0.1) is 0 Å². The summed E-state index contributed by atoms with van der Waals surface area (Å²) in [6, 6.07) is 15.2. The zero-order valence-electron chi connectivity index (χ0n) is 16.8. The molecule has 2 amide bonds. The van der Waals surface area contributed by atoms with E-state index in [1.165, 1.54) is 5.56 Å². The topological polar surface area (TPSA) is 58.2 Å². The van der Waals surface area contributed by atoms with Gasteiger partial charge < -0.3 is 10.6 Å². The molecule has 2 rings (SSSR count). The summed E-state index contributed by atoms with van der Waals surface area (Å²) in [4.78, 5) is 24.3. The van der Waals surface area contributed by atoms with Gasteiger partial charge in [0.1, 0.15) is 0 Å². The quantitative estimate of drug-likeness (QED) is 0.570. The van der Waals surface area contributed by atoms with Crippen LogP contribution in [0.3, 0.4) is 0 Å². The van der Waals surface area contributed by atoms with Gasteiger partial charge in [0.2, 0.25) is 11.8 Å². The maximum absolute atomic E-state index is 12.3. The number of anilines is 1. The molecule has 5 heteroatoms. The zero-order valence-corrected chi connectivity index (χ0v) is 17.6. The van der Waals surface area contributed by atoms with Crippen molar-refractivity contribution in [1.82, 2.24) is 5.32 Å². The van der Waals surface area contributed by atoms with E-state index in [1.807, 2.05) is 19.1 Å². The molecule has 2 aromatic rings. The van der Waals surface area contributed by atoms with Gasteiger partial charge in [-0.25, -0.2) is 0 Å². The minimum Gasteiger partial charge on any atom is -0.356 e. The molecule has 0 radical (unpaired) electrons. The van der Waals surface area contributed by atoms with Crippen molar-refractivity contribution in [3.05, 3.63) is 64.7 Å². The maximum atomic E-state index is 12.3. The minimum absolute atomic E-state index is 0.0188. The number of benzene rings is 2. The normalized spacial score (nSPS) is 11.9. The Hall–Kier alpha value is -2.33. The number of halogens is 1. The number of hydrogen-bond acceptors (Lipinski definition) is 2. The SMILES string of the molecule is CC(C)Cc1ccc(C(C)C(=O)NCCCC(=O)Nc2ccc(Cl)cc2)cc1. The maximum Gasteiger partial charge on any atom is 0.227 e. The Morgan fingerprint density at radius 2 is 1.61 bits per heavy atom. The fraction of sp³-hybridized carbons (Fsp3) is 0.391. The van der Waals surface area contributed by atoms with Crippen LogP contribution in [-0.2, 0) is 16.0 Å². The molecule has 28 heavy (non-hydrogen) atoms. The Morgan fingerprint density at radius 1 is 0.964 bits per heavy atom. The summed E-state index contributed by atoms with van der Waals surface area (Å²) >= 11 is 5.82. The molecule has 1 unspecified atom stereocenters. The molecule has 0 saturated carbocycles. The third-order valence-electron chi connectivity index (χ3n) is 4.52. The van der Waals surface area contributed by atoms with Gasteiger partial charge in [-0.1, -0.05) is 49.7 Å². The second-order valence-electron chi connectivity index (χ2n) is 7.51. The van der Waals surface area contributed by atoms with Gasteiger partial charge in [0.05, 0.1) is 5.92 Å². The van der Waals surface area contributed by atoms with E-state index < -0.39 is 0 Å². The summed E-state index contributed by atoms with van der Waals surface area (Å²) in [6.07, 6.45) is 1.98. The molecule has 4 nitrogen and oxygen atoms in total. The number of nitrogens with one attached hydrogen (secondary N) is 2. The molecular weight excluding hydrogens is 372 g/mol. The lowest BCUT2D eigenvalue weighted by Gasteiger charge is -2.14. The van der Waals surface area contributed by atoms with Gasteiger partial charge in [-0.05, 0) is 61.1 Å². The second-order valence-corrected chi connectivity index (χ2v) is 7.95. The Bertz CT molecular complexity index is 770. The van der Waals surface area contributed by atoms with Crippen LogP contribution in [0, 0.1) is 5.92 Å². The summed E-state index contributed by atoms with van der Waals surface area (Å²) < 4.78 is 0. The Morgan fingerprint density at radius 3 is 2.21 bits per heavy atom. The van der Waals surface area contributed by atoms with E-state index in [0.29, 0.717) is 36.0 Å². The summed E-state index contributed by atoms with van der Waals surface area (Å²) in [5.74, 6) is 0.305. The molecule has 0 aliphatic rings. The summed E-state index contributed by atoms with van der Waals surface area (Å²) in [5, 5.41) is 6.36. The lowest BCUT2D eigenvalue weighted by molar-refractivity contribution is -0.122. The first-order valence-corrected chi connectivity index (χ1v) is 10.1. The number of hydrogen-bond donors (Lipinski definition) is 2. The predicted octanol–water partition coefficient (Wildman–Crippen LogP) is 5.18. The van der Waals surface area contributed by atoms with Crippen LogP contribution in [0.2, 0.25) is 5.02 Å². The van der Waals surface area contributed by atoms with E-state index in [1.54, 1.807) is 24.3 Å². The van der Waals surface area contributed by atoms with Crippen molar-refractivity contribution in [3.8, 4) is 0 Å². The molecular formula is C23H29ClN2O2. The van der Waals surface area contributed by atoms with E-state index in [4.69, 9.17) is 11.6 Å². The number of carbonyl (C=O) groups is 2. The van der Waals surface area contributed by atoms with Crippen molar-refractivity contribution in [2.45, 2.75) is 46.0 Å². The first-order valence-electron chi connectivity index (χ1n) is 9.77. The highest BCUT2D eigenvalue weighted by atomic mass is 35.5. The van der Waals surface area contributed by atoms with E-state index in [2.05, 4.69) is 36.6 Å². The van der Waals surface area contributed by atoms with Gasteiger partial charge in [-0.2, -0.15) is 0 Å². The Balaban J connectivity index is 1.71. The Kier molecular flexibility index (Phi) is 8.52. The molecule has 0 fully saturated rings. The first-order chi connectivity index (χ1) is 13.3. The summed E-state index contributed by atoms with van der Waals surface area (Å²) in [5.41, 5.74) is 3.01. The highest BCUT2D eigenvalue weighted by molar-refractivity contribution is 6.30. The third kappa shape index (κ3) is 7.35. The molecule has 0 bridgehead atoms. The predicted molar refractivity (Wildman–Crippen MR) is 116 cm³/mol. The van der Waals surface area contributed by atoms with Crippen LogP contribution in [0.15, 0.2) is 48.5 Å².